The van der Waals surface area contributed by atoms with Crippen LogP contribution in [-0.2, 0) is 0 Å². The molecule has 0 radical (unpaired) electrons. The van der Waals surface area contributed by atoms with E-state index in [1.807, 2.05) is 0 Å². The number of halogens is 2. The average Bonchev–Trinajstić information content (AvgIpc) is 2.80. The number of nitrogens with zero attached hydrogens (tertiary/aromatic N) is 2. The molecule has 0 saturated carbocycles. The highest BCUT2D eigenvalue weighted by molar-refractivity contribution is 6.00. The van der Waals surface area contributed by atoms with Crippen LogP contribution >= 0.6 is 0 Å². The van der Waals surface area contributed by atoms with E-state index in [0.29, 0.717) is 0 Å². The summed E-state index contributed by atoms with van der Waals surface area (Å²) in [5.41, 5.74) is -0.480. The summed E-state index contributed by atoms with van der Waals surface area (Å²) < 4.78 is 25.5. The maximum Gasteiger partial charge on any atom is 0.323 e. The second kappa shape index (κ2) is 6.16. The van der Waals surface area contributed by atoms with E-state index in [1.54, 1.807) is 0 Å². The number of benzene rings is 1. The third kappa shape index (κ3) is 3.34. The molecule has 8 nitrogen and oxygen atoms in total. The van der Waals surface area contributed by atoms with Crippen LogP contribution in [0.15, 0.2) is 24.3 Å². The molecule has 0 spiro atoms. The van der Waals surface area contributed by atoms with E-state index in [2.05, 4.69) is 20.8 Å². The maximum absolute atomic E-state index is 12.7. The molecule has 3 N–H and O–H groups in total. The van der Waals surface area contributed by atoms with E-state index in [4.69, 9.17) is 0 Å². The van der Waals surface area contributed by atoms with Gasteiger partial charge >= 0.3 is 6.03 Å². The quantitative estimate of drug-likeness (QED) is 0.594. The number of non-ortho nitro benzene ring substituents is 1. The molecule has 1 aromatic heterocycles. The molecule has 0 bridgehead atoms. The number of aromatic nitrogens is 2. The Kier molecular flexibility index (Phi) is 4.30. The van der Waals surface area contributed by atoms with Crippen molar-refractivity contribution in [2.24, 2.45) is 0 Å². The van der Waals surface area contributed by atoms with Crippen LogP contribution in [0.1, 0.15) is 17.8 Å². The molecule has 0 aliphatic heterocycles. The lowest BCUT2D eigenvalue weighted by Gasteiger charge is -2.08. The van der Waals surface area contributed by atoms with Gasteiger partial charge in [-0.3, -0.25) is 15.2 Å². The first-order valence-electron chi connectivity index (χ1n) is 6.04. The second-order valence-corrected chi connectivity index (χ2v) is 4.30. The van der Waals surface area contributed by atoms with Gasteiger partial charge in [0.15, 0.2) is 5.69 Å². The zero-order valence-corrected chi connectivity index (χ0v) is 11.3. The van der Waals surface area contributed by atoms with E-state index in [0.717, 1.165) is 6.07 Å². The highest BCUT2D eigenvalue weighted by Gasteiger charge is 2.20. The number of carbonyl (C=O) groups is 1. The highest BCUT2D eigenvalue weighted by Crippen LogP contribution is 2.27. The number of amides is 2. The second-order valence-electron chi connectivity index (χ2n) is 4.30. The van der Waals surface area contributed by atoms with Crippen molar-refractivity contribution in [1.82, 2.24) is 10.2 Å². The maximum atomic E-state index is 12.7. The monoisotopic (exact) mass is 311 g/mol. The summed E-state index contributed by atoms with van der Waals surface area (Å²) in [5.74, 6) is 0. The summed E-state index contributed by atoms with van der Waals surface area (Å²) in [6.07, 6.45) is -2.85. The molecule has 0 unspecified atom stereocenters. The normalized spacial score (nSPS) is 10.5. The third-order valence-corrected chi connectivity index (χ3v) is 2.74. The van der Waals surface area contributed by atoms with Crippen molar-refractivity contribution in [1.29, 1.82) is 0 Å². The molecule has 0 saturated heterocycles. The van der Waals surface area contributed by atoms with Gasteiger partial charge in [-0.25, -0.2) is 13.6 Å². The Morgan fingerprint density at radius 1 is 1.41 bits per heavy atom. The summed E-state index contributed by atoms with van der Waals surface area (Å²) in [5, 5.41) is 21.0. The number of hydrogen-bond acceptors (Lipinski definition) is 4. The van der Waals surface area contributed by atoms with Gasteiger partial charge in [-0.2, -0.15) is 5.10 Å². The largest absolute Gasteiger partial charge is 0.323 e. The van der Waals surface area contributed by atoms with Gasteiger partial charge in [0, 0.05) is 17.8 Å². The van der Waals surface area contributed by atoms with Crippen LogP contribution in [0.25, 0.3) is 0 Å². The van der Waals surface area contributed by atoms with Crippen LogP contribution < -0.4 is 10.6 Å². The molecule has 0 fully saturated rings. The molecule has 2 amide bonds. The fraction of sp³-hybridized carbons (Fsp3) is 0.167. The minimum Gasteiger partial charge on any atom is -0.307 e. The number of alkyl halides is 2. The Labute approximate surface area is 122 Å². The molecule has 0 aliphatic carbocycles. The van der Waals surface area contributed by atoms with Gasteiger partial charge in [-0.1, -0.05) is 6.07 Å². The average molecular weight is 311 g/mol. The Hall–Kier alpha value is -3.04. The van der Waals surface area contributed by atoms with Crippen LogP contribution in [0.4, 0.5) is 30.6 Å². The predicted molar refractivity (Wildman–Crippen MR) is 74.0 cm³/mol. The summed E-state index contributed by atoms with van der Waals surface area (Å²) in [6.45, 7) is 1.47. The summed E-state index contributed by atoms with van der Waals surface area (Å²) in [7, 11) is 0. The van der Waals surface area contributed by atoms with Crippen LogP contribution in [0.3, 0.4) is 0 Å². The van der Waals surface area contributed by atoms with Gasteiger partial charge in [-0.05, 0) is 13.0 Å². The molecule has 2 rings (SSSR count). The van der Waals surface area contributed by atoms with Crippen molar-refractivity contribution < 1.29 is 18.5 Å². The molecule has 0 atom stereocenters. The number of nitrogens with one attached hydrogen (secondary N) is 3. The molecular formula is C12H11F2N5O3. The smallest absolute Gasteiger partial charge is 0.307 e. The van der Waals surface area contributed by atoms with Gasteiger partial charge in [-0.15, -0.1) is 0 Å². The van der Waals surface area contributed by atoms with Gasteiger partial charge in [0.1, 0.15) is 0 Å². The number of nitro groups is 1. The first-order valence-corrected chi connectivity index (χ1v) is 6.04. The van der Waals surface area contributed by atoms with Crippen molar-refractivity contribution in [3.63, 3.8) is 0 Å². The Morgan fingerprint density at radius 3 is 2.77 bits per heavy atom. The minimum atomic E-state index is -2.85. The van der Waals surface area contributed by atoms with Crippen molar-refractivity contribution in [2.75, 3.05) is 10.6 Å². The molecule has 10 heteroatoms. The molecule has 2 aromatic rings. The van der Waals surface area contributed by atoms with Gasteiger partial charge in [0.05, 0.1) is 16.3 Å². The predicted octanol–water partition coefficient (Wildman–Crippen LogP) is 3.21. The number of H-pyrrole nitrogens is 1. The third-order valence-electron chi connectivity index (χ3n) is 2.74. The number of aromatic amines is 1. The summed E-state index contributed by atoms with van der Waals surface area (Å²) in [6, 6.07) is 4.42. The number of aryl methyl sites for hydroxylation is 1. The Bertz CT molecular complexity index is 717. The van der Waals surface area contributed by atoms with Gasteiger partial charge in [0.25, 0.3) is 12.1 Å². The zero-order valence-electron chi connectivity index (χ0n) is 11.3. The summed E-state index contributed by atoms with van der Waals surface area (Å²) in [4.78, 5) is 21.8. The minimum absolute atomic E-state index is 0.127. The van der Waals surface area contributed by atoms with E-state index < -0.39 is 23.1 Å². The van der Waals surface area contributed by atoms with E-state index >= 15 is 0 Å². The SMILES string of the molecule is Cc1[nH]nc(C(F)F)c1NC(=O)Nc1cccc([N+](=O)[O-])c1. The van der Waals surface area contributed by atoms with E-state index in [-0.39, 0.29) is 22.8 Å². The van der Waals surface area contributed by atoms with Crippen molar-refractivity contribution in [3.05, 3.63) is 45.8 Å². The fourth-order valence-corrected chi connectivity index (χ4v) is 1.74. The van der Waals surface area contributed by atoms with Crippen LogP contribution in [-0.4, -0.2) is 21.2 Å². The number of anilines is 2. The lowest BCUT2D eigenvalue weighted by Crippen LogP contribution is -2.20. The van der Waals surface area contributed by atoms with Crippen molar-refractivity contribution >= 4 is 23.1 Å². The number of rotatable bonds is 4. The number of nitro benzene ring substituents is 1. The van der Waals surface area contributed by atoms with Gasteiger partial charge in [0.2, 0.25) is 0 Å². The standard InChI is InChI=1S/C12H11F2N5O3/c1-6-9(10(11(13)14)18-17-6)16-12(20)15-7-3-2-4-8(5-7)19(21)22/h2-5,11H,1H3,(H,17,18)(H2,15,16,20). The molecule has 116 valence electrons. The lowest BCUT2D eigenvalue weighted by molar-refractivity contribution is -0.384. The fourth-order valence-electron chi connectivity index (χ4n) is 1.74. The van der Waals surface area contributed by atoms with Gasteiger partial charge < -0.3 is 10.6 Å². The van der Waals surface area contributed by atoms with Crippen molar-refractivity contribution in [3.8, 4) is 0 Å². The number of carbonyl (C=O) groups excluding carboxylic acids is 1. The Morgan fingerprint density at radius 2 is 2.14 bits per heavy atom. The van der Waals surface area contributed by atoms with E-state index in [9.17, 15) is 23.7 Å². The topological polar surface area (TPSA) is 113 Å². The van der Waals surface area contributed by atoms with E-state index in [1.165, 1.54) is 25.1 Å². The first kappa shape index (κ1) is 15.4. The molecule has 22 heavy (non-hydrogen) atoms. The molecular weight excluding hydrogens is 300 g/mol. The van der Waals surface area contributed by atoms with Crippen LogP contribution in [0.5, 0.6) is 0 Å². The molecule has 1 heterocycles. The van der Waals surface area contributed by atoms with Crippen molar-refractivity contribution in [2.45, 2.75) is 13.3 Å². The molecule has 1 aromatic carbocycles. The highest BCUT2D eigenvalue weighted by atomic mass is 19.3. The number of urea groups is 1. The lowest BCUT2D eigenvalue weighted by atomic mass is 10.3. The van der Waals surface area contributed by atoms with Crippen LogP contribution in [0, 0.1) is 17.0 Å². The molecule has 0 aliphatic rings. The van der Waals surface area contributed by atoms with Crippen LogP contribution in [0.2, 0.25) is 0 Å². The number of hydrogen-bond donors (Lipinski definition) is 3. The Balaban J connectivity index is 2.12. The zero-order chi connectivity index (χ0) is 16.3. The summed E-state index contributed by atoms with van der Waals surface area (Å²) >= 11 is 0. The first-order chi connectivity index (χ1) is 10.4.